The molecule has 0 aliphatic carbocycles. The minimum Gasteiger partial charge on any atom is -0.477 e. The predicted octanol–water partition coefficient (Wildman–Crippen LogP) is 2.80. The molecule has 0 radical (unpaired) electrons. The molecule has 10 heteroatoms. The Morgan fingerprint density at radius 1 is 1.27 bits per heavy atom. The largest absolute Gasteiger partial charge is 0.477 e. The van der Waals surface area contributed by atoms with Crippen LogP contribution in [0.25, 0.3) is 0 Å². The van der Waals surface area contributed by atoms with Crippen LogP contribution in [0, 0.1) is 11.9 Å². The van der Waals surface area contributed by atoms with Crippen LogP contribution in [0.4, 0.5) is 13.2 Å². The summed E-state index contributed by atoms with van der Waals surface area (Å²) in [5.41, 5.74) is 7.15. The summed E-state index contributed by atoms with van der Waals surface area (Å²) < 4.78 is 44.8. The SMILES string of the molecule is NCC(c1scnc1C(F)F)N1CCC(COc2cc(F)ncn2)CC1. The average molecular weight is 387 g/mol. The lowest BCUT2D eigenvalue weighted by molar-refractivity contribution is 0.104. The van der Waals surface area contributed by atoms with Crippen molar-refractivity contribution in [1.29, 1.82) is 0 Å². The second kappa shape index (κ2) is 8.74. The van der Waals surface area contributed by atoms with Crippen molar-refractivity contribution in [2.75, 3.05) is 26.2 Å². The summed E-state index contributed by atoms with van der Waals surface area (Å²) in [4.78, 5) is 13.7. The van der Waals surface area contributed by atoms with Crippen molar-refractivity contribution in [3.63, 3.8) is 0 Å². The van der Waals surface area contributed by atoms with Gasteiger partial charge in [0.1, 0.15) is 12.0 Å². The molecule has 0 bridgehead atoms. The summed E-state index contributed by atoms with van der Waals surface area (Å²) in [6, 6.07) is 0.902. The van der Waals surface area contributed by atoms with E-state index in [0.717, 1.165) is 38.3 Å². The highest BCUT2D eigenvalue weighted by molar-refractivity contribution is 7.09. The molecule has 2 N–H and O–H groups in total. The molecule has 0 aromatic carbocycles. The number of ether oxygens (including phenoxy) is 1. The number of piperidine rings is 1. The number of aromatic nitrogens is 3. The fourth-order valence-corrected chi connectivity index (χ4v) is 4.07. The molecule has 142 valence electrons. The third kappa shape index (κ3) is 4.49. The first-order valence-electron chi connectivity index (χ1n) is 8.34. The third-order valence-electron chi connectivity index (χ3n) is 4.52. The molecular formula is C16H20F3N5OS. The number of nitrogens with zero attached hydrogens (tertiary/aromatic N) is 4. The van der Waals surface area contributed by atoms with Gasteiger partial charge in [-0.1, -0.05) is 0 Å². The number of nitrogens with two attached hydrogens (primary N) is 1. The van der Waals surface area contributed by atoms with E-state index in [-0.39, 0.29) is 24.2 Å². The molecule has 3 heterocycles. The molecule has 0 saturated carbocycles. The van der Waals surface area contributed by atoms with E-state index in [4.69, 9.17) is 10.5 Å². The molecule has 2 aromatic heterocycles. The van der Waals surface area contributed by atoms with Crippen LogP contribution in [0.5, 0.6) is 5.88 Å². The third-order valence-corrected chi connectivity index (χ3v) is 5.47. The highest BCUT2D eigenvalue weighted by Gasteiger charge is 2.30. The molecule has 1 unspecified atom stereocenters. The zero-order valence-corrected chi connectivity index (χ0v) is 14.8. The molecule has 1 atom stereocenters. The van der Waals surface area contributed by atoms with E-state index >= 15 is 0 Å². The van der Waals surface area contributed by atoms with Crippen molar-refractivity contribution < 1.29 is 17.9 Å². The van der Waals surface area contributed by atoms with Crippen molar-refractivity contribution in [3.05, 3.63) is 34.4 Å². The first kappa shape index (κ1) is 19.0. The van der Waals surface area contributed by atoms with Crippen LogP contribution in [0.2, 0.25) is 0 Å². The molecule has 1 aliphatic heterocycles. The normalized spacial score (nSPS) is 17.6. The van der Waals surface area contributed by atoms with Crippen LogP contribution in [-0.2, 0) is 0 Å². The highest BCUT2D eigenvalue weighted by Crippen LogP contribution is 2.34. The van der Waals surface area contributed by atoms with Crippen LogP contribution in [-0.4, -0.2) is 46.1 Å². The van der Waals surface area contributed by atoms with Gasteiger partial charge >= 0.3 is 0 Å². The molecule has 3 rings (SSSR count). The van der Waals surface area contributed by atoms with Gasteiger partial charge in [-0.25, -0.2) is 23.7 Å². The topological polar surface area (TPSA) is 77.2 Å². The summed E-state index contributed by atoms with van der Waals surface area (Å²) >= 11 is 1.23. The Kier molecular flexibility index (Phi) is 6.38. The zero-order valence-electron chi connectivity index (χ0n) is 14.0. The molecule has 2 aromatic rings. The molecule has 1 aliphatic rings. The Morgan fingerprint density at radius 3 is 2.69 bits per heavy atom. The number of hydrogen-bond donors (Lipinski definition) is 1. The van der Waals surface area contributed by atoms with E-state index in [1.807, 2.05) is 0 Å². The van der Waals surface area contributed by atoms with Gasteiger partial charge in [-0.3, -0.25) is 4.90 Å². The minimum absolute atomic E-state index is 0.165. The fourth-order valence-electron chi connectivity index (χ4n) is 3.13. The number of hydrogen-bond acceptors (Lipinski definition) is 7. The Labute approximate surface area is 153 Å². The number of halogens is 3. The summed E-state index contributed by atoms with van der Waals surface area (Å²) in [6.45, 7) is 2.16. The number of thiazole rings is 1. The lowest BCUT2D eigenvalue weighted by Crippen LogP contribution is -2.41. The molecule has 0 spiro atoms. The minimum atomic E-state index is -2.59. The van der Waals surface area contributed by atoms with Gasteiger partial charge in [0.15, 0.2) is 0 Å². The van der Waals surface area contributed by atoms with E-state index in [2.05, 4.69) is 19.9 Å². The second-order valence-electron chi connectivity index (χ2n) is 6.12. The summed E-state index contributed by atoms with van der Waals surface area (Å²) in [7, 11) is 0. The molecule has 26 heavy (non-hydrogen) atoms. The quantitative estimate of drug-likeness (QED) is 0.736. The van der Waals surface area contributed by atoms with E-state index in [0.29, 0.717) is 17.4 Å². The number of likely N-dealkylation sites (tertiary alicyclic amines) is 1. The maximum Gasteiger partial charge on any atom is 0.281 e. The lowest BCUT2D eigenvalue weighted by Gasteiger charge is -2.36. The summed E-state index contributed by atoms with van der Waals surface area (Å²) in [6.07, 6.45) is 0.207. The van der Waals surface area contributed by atoms with Crippen LogP contribution in [0.15, 0.2) is 17.9 Å². The molecule has 6 nitrogen and oxygen atoms in total. The summed E-state index contributed by atoms with van der Waals surface area (Å²) in [5, 5.41) is 0. The molecule has 1 fully saturated rings. The van der Waals surface area contributed by atoms with Crippen LogP contribution in [0.1, 0.15) is 35.9 Å². The van der Waals surface area contributed by atoms with Gasteiger partial charge in [-0.2, -0.15) is 4.39 Å². The molecule has 0 amide bonds. The Hall–Kier alpha value is -1.78. The van der Waals surface area contributed by atoms with Crippen molar-refractivity contribution in [1.82, 2.24) is 19.9 Å². The smallest absolute Gasteiger partial charge is 0.281 e. The van der Waals surface area contributed by atoms with E-state index in [1.165, 1.54) is 16.8 Å². The van der Waals surface area contributed by atoms with Crippen LogP contribution < -0.4 is 10.5 Å². The maximum absolute atomic E-state index is 13.1. The Morgan fingerprint density at radius 2 is 2.04 bits per heavy atom. The molecular weight excluding hydrogens is 367 g/mol. The molecule has 1 saturated heterocycles. The number of rotatable bonds is 7. The Balaban J connectivity index is 1.54. The maximum atomic E-state index is 13.1. The fraction of sp³-hybridized carbons (Fsp3) is 0.562. The first-order chi connectivity index (χ1) is 12.6. The van der Waals surface area contributed by atoms with Gasteiger partial charge in [-0.05, 0) is 31.8 Å². The standard InChI is InChI=1S/C16H20F3N5OS/c17-12-5-13(22-8-21-12)25-7-10-1-3-24(4-2-10)11(6-20)15-14(16(18)19)23-9-26-15/h5,8-11,16H,1-4,6-7,20H2. The van der Waals surface area contributed by atoms with E-state index < -0.39 is 12.4 Å². The van der Waals surface area contributed by atoms with Crippen molar-refractivity contribution in [2.45, 2.75) is 25.3 Å². The highest BCUT2D eigenvalue weighted by atomic mass is 32.1. The zero-order chi connectivity index (χ0) is 18.5. The van der Waals surface area contributed by atoms with Crippen LogP contribution >= 0.6 is 11.3 Å². The van der Waals surface area contributed by atoms with Gasteiger partial charge in [0.05, 0.1) is 29.1 Å². The van der Waals surface area contributed by atoms with Crippen molar-refractivity contribution in [3.8, 4) is 5.88 Å². The van der Waals surface area contributed by atoms with E-state index in [9.17, 15) is 13.2 Å². The van der Waals surface area contributed by atoms with E-state index in [1.54, 1.807) is 0 Å². The first-order valence-corrected chi connectivity index (χ1v) is 9.22. The second-order valence-corrected chi connectivity index (χ2v) is 7.01. The van der Waals surface area contributed by atoms with Crippen molar-refractivity contribution >= 4 is 11.3 Å². The van der Waals surface area contributed by atoms with Crippen LogP contribution in [0.3, 0.4) is 0 Å². The summed E-state index contributed by atoms with van der Waals surface area (Å²) in [5.74, 6) is -0.125. The lowest BCUT2D eigenvalue weighted by atomic mass is 9.96. The Bertz CT molecular complexity index is 709. The van der Waals surface area contributed by atoms with Gasteiger partial charge in [-0.15, -0.1) is 11.3 Å². The monoisotopic (exact) mass is 387 g/mol. The van der Waals surface area contributed by atoms with Gasteiger partial charge < -0.3 is 10.5 Å². The number of alkyl halides is 2. The van der Waals surface area contributed by atoms with Gasteiger partial charge in [0.25, 0.3) is 6.43 Å². The average Bonchev–Trinajstić information content (AvgIpc) is 3.11. The van der Waals surface area contributed by atoms with Crippen molar-refractivity contribution in [2.24, 2.45) is 11.7 Å². The van der Waals surface area contributed by atoms with Gasteiger partial charge in [0.2, 0.25) is 11.8 Å². The predicted molar refractivity (Wildman–Crippen MR) is 90.6 cm³/mol. The van der Waals surface area contributed by atoms with Gasteiger partial charge in [0, 0.05) is 6.54 Å².